The number of carbonyl (C=O) groups excluding carboxylic acids is 2. The molecule has 0 unspecified atom stereocenters. The Morgan fingerprint density at radius 2 is 1.66 bits per heavy atom. The van der Waals surface area contributed by atoms with Crippen molar-refractivity contribution in [3.63, 3.8) is 0 Å². The first-order chi connectivity index (χ1) is 15.5. The summed E-state index contributed by atoms with van der Waals surface area (Å²) in [5.41, 5.74) is 3.22. The van der Waals surface area contributed by atoms with E-state index in [2.05, 4.69) is 10.3 Å². The van der Waals surface area contributed by atoms with E-state index in [0.29, 0.717) is 25.1 Å². The smallest absolute Gasteiger partial charge is 0.273 e. The third kappa shape index (κ3) is 3.99. The summed E-state index contributed by atoms with van der Waals surface area (Å²) in [4.78, 5) is 33.9. The predicted octanol–water partition coefficient (Wildman–Crippen LogP) is 5.66. The number of pyridine rings is 1. The van der Waals surface area contributed by atoms with Gasteiger partial charge < -0.3 is 10.2 Å². The number of para-hydroxylation sites is 2. The second-order valence-corrected chi connectivity index (χ2v) is 8.81. The van der Waals surface area contributed by atoms with Gasteiger partial charge in [-0.3, -0.25) is 9.59 Å². The van der Waals surface area contributed by atoms with Crippen molar-refractivity contribution in [2.45, 2.75) is 58.4 Å². The normalized spacial score (nSPS) is 15.0. The van der Waals surface area contributed by atoms with Gasteiger partial charge in [0.25, 0.3) is 5.91 Å². The maximum Gasteiger partial charge on any atom is 0.273 e. The summed E-state index contributed by atoms with van der Waals surface area (Å²) >= 11 is 0. The van der Waals surface area contributed by atoms with Gasteiger partial charge in [-0.05, 0) is 56.4 Å². The number of fused-ring (bicyclic) bond motifs is 1. The molecule has 1 N–H and O–H groups in total. The van der Waals surface area contributed by atoms with Crippen LogP contribution in [0.25, 0.3) is 10.9 Å². The monoisotopic (exact) mass is 429 g/mol. The van der Waals surface area contributed by atoms with Crippen LogP contribution in [0.5, 0.6) is 0 Å². The van der Waals surface area contributed by atoms with E-state index in [1.54, 1.807) is 11.0 Å². The van der Waals surface area contributed by atoms with E-state index in [-0.39, 0.29) is 11.8 Å². The van der Waals surface area contributed by atoms with E-state index in [4.69, 9.17) is 0 Å². The number of anilines is 1. The number of hydrogen-bond acceptors (Lipinski definition) is 3. The van der Waals surface area contributed by atoms with E-state index >= 15 is 0 Å². The average molecular weight is 430 g/mol. The molecule has 0 atom stereocenters. The van der Waals surface area contributed by atoms with Gasteiger partial charge in [-0.25, -0.2) is 4.98 Å². The SMILES string of the molecule is CCCN(C(=O)c1ccc2ccccc2n1)C1(C(=O)Nc2c(C)cccc2C)CCCC1. The molecule has 5 nitrogen and oxygen atoms in total. The Morgan fingerprint density at radius 1 is 0.969 bits per heavy atom. The van der Waals surface area contributed by atoms with Crippen LogP contribution in [0.15, 0.2) is 54.6 Å². The number of hydrogen-bond donors (Lipinski definition) is 1. The lowest BCUT2D eigenvalue weighted by atomic mass is 9.92. The molecule has 1 aromatic heterocycles. The summed E-state index contributed by atoms with van der Waals surface area (Å²) in [6.45, 7) is 6.56. The number of aromatic nitrogens is 1. The summed E-state index contributed by atoms with van der Waals surface area (Å²) in [5.74, 6) is -0.258. The lowest BCUT2D eigenvalue weighted by Crippen LogP contribution is -2.58. The second-order valence-electron chi connectivity index (χ2n) is 8.81. The van der Waals surface area contributed by atoms with Crippen LogP contribution in [0.3, 0.4) is 0 Å². The largest absolute Gasteiger partial charge is 0.324 e. The molecule has 1 aliphatic rings. The Morgan fingerprint density at radius 3 is 2.34 bits per heavy atom. The molecule has 166 valence electrons. The summed E-state index contributed by atoms with van der Waals surface area (Å²) in [7, 11) is 0. The lowest BCUT2D eigenvalue weighted by Gasteiger charge is -2.40. The highest BCUT2D eigenvalue weighted by Gasteiger charge is 2.48. The highest BCUT2D eigenvalue weighted by atomic mass is 16.2. The molecular weight excluding hydrogens is 398 g/mol. The van der Waals surface area contributed by atoms with E-state index in [1.165, 1.54) is 0 Å². The number of nitrogens with one attached hydrogen (secondary N) is 1. The molecule has 4 rings (SSSR count). The van der Waals surface area contributed by atoms with Gasteiger partial charge in [0.05, 0.1) is 5.52 Å². The number of amides is 2. The Bertz CT molecular complexity index is 1130. The minimum Gasteiger partial charge on any atom is -0.324 e. The topological polar surface area (TPSA) is 62.3 Å². The van der Waals surface area contributed by atoms with Crippen LogP contribution in [0.2, 0.25) is 0 Å². The zero-order chi connectivity index (χ0) is 22.7. The molecule has 0 saturated heterocycles. The number of nitrogens with zero attached hydrogens (tertiary/aromatic N) is 2. The number of benzene rings is 2. The number of carbonyl (C=O) groups is 2. The van der Waals surface area contributed by atoms with Crippen LogP contribution in [-0.2, 0) is 4.79 Å². The molecule has 3 aromatic rings. The highest BCUT2D eigenvalue weighted by Crippen LogP contribution is 2.38. The minimum absolute atomic E-state index is 0.0880. The number of rotatable bonds is 6. The second kappa shape index (κ2) is 9.11. The molecule has 0 bridgehead atoms. The lowest BCUT2D eigenvalue weighted by molar-refractivity contribution is -0.126. The fourth-order valence-corrected chi connectivity index (χ4v) is 4.88. The van der Waals surface area contributed by atoms with Gasteiger partial charge in [0.1, 0.15) is 11.2 Å². The van der Waals surface area contributed by atoms with Crippen molar-refractivity contribution < 1.29 is 9.59 Å². The zero-order valence-electron chi connectivity index (χ0n) is 19.1. The molecule has 0 spiro atoms. The van der Waals surface area contributed by atoms with E-state index in [1.807, 2.05) is 69.3 Å². The molecule has 1 saturated carbocycles. The van der Waals surface area contributed by atoms with Gasteiger partial charge in [0, 0.05) is 17.6 Å². The van der Waals surface area contributed by atoms with Crippen molar-refractivity contribution in [3.8, 4) is 0 Å². The molecule has 5 heteroatoms. The molecule has 1 aliphatic carbocycles. The number of aryl methyl sites for hydroxylation is 2. The summed E-state index contributed by atoms with van der Waals surface area (Å²) in [6, 6.07) is 17.5. The summed E-state index contributed by atoms with van der Waals surface area (Å²) in [6.07, 6.45) is 3.97. The molecule has 2 amide bonds. The molecule has 0 aliphatic heterocycles. The van der Waals surface area contributed by atoms with Crippen LogP contribution in [-0.4, -0.2) is 33.8 Å². The van der Waals surface area contributed by atoms with Crippen molar-refractivity contribution in [1.29, 1.82) is 0 Å². The van der Waals surface area contributed by atoms with Gasteiger partial charge in [-0.2, -0.15) is 0 Å². The van der Waals surface area contributed by atoms with Crippen molar-refractivity contribution in [3.05, 3.63) is 71.4 Å². The molecule has 1 fully saturated rings. The average Bonchev–Trinajstić information content (AvgIpc) is 3.30. The van der Waals surface area contributed by atoms with Crippen LogP contribution < -0.4 is 5.32 Å². The van der Waals surface area contributed by atoms with Gasteiger partial charge >= 0.3 is 0 Å². The third-order valence-corrected chi connectivity index (χ3v) is 6.60. The van der Waals surface area contributed by atoms with E-state index in [9.17, 15) is 9.59 Å². The summed E-state index contributed by atoms with van der Waals surface area (Å²) in [5, 5.41) is 4.18. The van der Waals surface area contributed by atoms with Crippen molar-refractivity contribution in [2.75, 3.05) is 11.9 Å². The van der Waals surface area contributed by atoms with Crippen molar-refractivity contribution in [2.24, 2.45) is 0 Å². The van der Waals surface area contributed by atoms with Crippen LogP contribution in [0.4, 0.5) is 5.69 Å². The van der Waals surface area contributed by atoms with E-state index in [0.717, 1.165) is 47.0 Å². The standard InChI is InChI=1S/C27H31N3O2/c1-4-18-30(25(31)23-15-14-21-12-5-6-13-22(21)28-23)27(16-7-8-17-27)26(32)29-24-19(2)10-9-11-20(24)3/h5-6,9-15H,4,7-8,16-18H2,1-3H3,(H,29,32). The first-order valence-corrected chi connectivity index (χ1v) is 11.5. The molecule has 0 radical (unpaired) electrons. The van der Waals surface area contributed by atoms with Crippen LogP contribution in [0.1, 0.15) is 60.6 Å². The first kappa shape index (κ1) is 22.0. The maximum absolute atomic E-state index is 13.8. The Balaban J connectivity index is 1.71. The van der Waals surface area contributed by atoms with Crippen molar-refractivity contribution >= 4 is 28.4 Å². The van der Waals surface area contributed by atoms with E-state index < -0.39 is 5.54 Å². The predicted molar refractivity (Wildman–Crippen MR) is 129 cm³/mol. The van der Waals surface area contributed by atoms with Crippen LogP contribution in [0, 0.1) is 13.8 Å². The van der Waals surface area contributed by atoms with Gasteiger partial charge in [0.15, 0.2) is 0 Å². The minimum atomic E-state index is -0.852. The molecule has 1 heterocycles. The Labute approximate surface area is 189 Å². The van der Waals surface area contributed by atoms with Crippen molar-refractivity contribution in [1.82, 2.24) is 9.88 Å². The summed E-state index contributed by atoms with van der Waals surface area (Å²) < 4.78 is 0. The zero-order valence-corrected chi connectivity index (χ0v) is 19.1. The Hall–Kier alpha value is -3.21. The highest BCUT2D eigenvalue weighted by molar-refractivity contribution is 6.04. The maximum atomic E-state index is 13.8. The first-order valence-electron chi connectivity index (χ1n) is 11.5. The molecule has 2 aromatic carbocycles. The van der Waals surface area contributed by atoms with Crippen LogP contribution >= 0.6 is 0 Å². The van der Waals surface area contributed by atoms with Gasteiger partial charge in [0.2, 0.25) is 5.91 Å². The van der Waals surface area contributed by atoms with Gasteiger partial charge in [-0.15, -0.1) is 0 Å². The quantitative estimate of drug-likeness (QED) is 0.550. The molecular formula is C27H31N3O2. The fraction of sp³-hybridized carbons (Fsp3) is 0.370. The third-order valence-electron chi connectivity index (χ3n) is 6.60. The Kier molecular flexibility index (Phi) is 6.26. The molecule has 32 heavy (non-hydrogen) atoms. The van der Waals surface area contributed by atoms with Gasteiger partial charge in [-0.1, -0.05) is 62.2 Å². The fourth-order valence-electron chi connectivity index (χ4n) is 4.88.